The second-order valence-corrected chi connectivity index (χ2v) is 4.57. The summed E-state index contributed by atoms with van der Waals surface area (Å²) in [6.07, 6.45) is 0. The minimum atomic E-state index is -4.30. The zero-order valence-electron chi connectivity index (χ0n) is 8.17. The molecule has 16 heavy (non-hydrogen) atoms. The van der Waals surface area contributed by atoms with E-state index in [1.807, 2.05) is 0 Å². The molecule has 84 valence electrons. The molecule has 0 aliphatic carbocycles. The van der Waals surface area contributed by atoms with Crippen LogP contribution < -0.4 is 5.14 Å². The first-order valence-corrected chi connectivity index (χ1v) is 5.54. The molecule has 0 aliphatic rings. The third kappa shape index (κ3) is 2.16. The molecule has 0 saturated carbocycles. The van der Waals surface area contributed by atoms with Crippen molar-refractivity contribution in [3.63, 3.8) is 0 Å². The van der Waals surface area contributed by atoms with Gasteiger partial charge in [-0.2, -0.15) is 5.26 Å². The topological polar surface area (TPSA) is 127 Å². The van der Waals surface area contributed by atoms with Crippen molar-refractivity contribution in [1.29, 1.82) is 5.26 Å². The lowest BCUT2D eigenvalue weighted by Gasteiger charge is -2.03. The second kappa shape index (κ2) is 3.88. The van der Waals surface area contributed by atoms with Crippen LogP contribution in [0.2, 0.25) is 0 Å². The smallest absolute Gasteiger partial charge is 0.258 e. The van der Waals surface area contributed by atoms with Crippen molar-refractivity contribution in [3.05, 3.63) is 33.4 Å². The van der Waals surface area contributed by atoms with Gasteiger partial charge in [0.05, 0.1) is 10.5 Å². The van der Waals surface area contributed by atoms with E-state index in [9.17, 15) is 18.5 Å². The molecule has 1 aromatic rings. The van der Waals surface area contributed by atoms with Gasteiger partial charge in [-0.15, -0.1) is 0 Å². The summed E-state index contributed by atoms with van der Waals surface area (Å²) in [5.41, 5.74) is -0.594. The maximum atomic E-state index is 11.2. The Labute approximate surface area is 91.3 Å². The van der Waals surface area contributed by atoms with Crippen LogP contribution in [0.15, 0.2) is 17.0 Å². The summed E-state index contributed by atoms with van der Waals surface area (Å²) in [7, 11) is -4.30. The highest BCUT2D eigenvalue weighted by atomic mass is 32.2. The first-order chi connectivity index (χ1) is 7.27. The molecule has 0 aliphatic heterocycles. The number of primary sulfonamides is 1. The van der Waals surface area contributed by atoms with Gasteiger partial charge in [-0.1, -0.05) is 0 Å². The number of nitriles is 1. The number of sulfonamides is 1. The summed E-state index contributed by atoms with van der Waals surface area (Å²) in [6.45, 7) is 1.51. The van der Waals surface area contributed by atoms with Crippen LogP contribution in [0.1, 0.15) is 11.1 Å². The van der Waals surface area contributed by atoms with Gasteiger partial charge in [0.2, 0.25) is 10.0 Å². The molecule has 1 aromatic carbocycles. The lowest BCUT2D eigenvalue weighted by molar-refractivity contribution is -0.387. The summed E-state index contributed by atoms with van der Waals surface area (Å²) in [5, 5.41) is 24.2. The van der Waals surface area contributed by atoms with Crippen LogP contribution in [0.4, 0.5) is 5.69 Å². The maximum Gasteiger partial charge on any atom is 0.291 e. The quantitative estimate of drug-likeness (QED) is 0.592. The van der Waals surface area contributed by atoms with Gasteiger partial charge in [-0.25, -0.2) is 13.6 Å². The molecule has 7 nitrogen and oxygen atoms in total. The van der Waals surface area contributed by atoms with Gasteiger partial charge in [-0.05, 0) is 18.6 Å². The molecule has 8 heteroatoms. The number of nitro benzene ring substituents is 1. The summed E-state index contributed by atoms with van der Waals surface area (Å²) in [6, 6.07) is 3.86. The van der Waals surface area contributed by atoms with Crippen molar-refractivity contribution >= 4 is 15.7 Å². The number of nitrogens with two attached hydrogens (primary N) is 1. The highest BCUT2D eigenvalue weighted by Gasteiger charge is 2.27. The van der Waals surface area contributed by atoms with E-state index in [1.165, 1.54) is 13.0 Å². The molecule has 0 bridgehead atoms. The zero-order valence-corrected chi connectivity index (χ0v) is 8.98. The summed E-state index contributed by atoms with van der Waals surface area (Å²) in [4.78, 5) is 9.04. The van der Waals surface area contributed by atoms with E-state index < -0.39 is 25.5 Å². The standard InChI is InChI=1S/C8H7N3O4S/c1-5-2-6(4-9)8(16(10,14)15)7(3-5)11(12)13/h2-3H,1H3,(H2,10,14,15). The van der Waals surface area contributed by atoms with Gasteiger partial charge in [-0.3, -0.25) is 10.1 Å². The van der Waals surface area contributed by atoms with Crippen LogP contribution in [-0.2, 0) is 10.0 Å². The van der Waals surface area contributed by atoms with E-state index in [0.717, 1.165) is 6.07 Å². The van der Waals surface area contributed by atoms with E-state index in [0.29, 0.717) is 5.56 Å². The minimum absolute atomic E-state index is 0.325. The van der Waals surface area contributed by atoms with Gasteiger partial charge in [0.15, 0.2) is 4.90 Å². The molecular weight excluding hydrogens is 234 g/mol. The van der Waals surface area contributed by atoms with Gasteiger partial charge < -0.3 is 0 Å². The summed E-state index contributed by atoms with van der Waals surface area (Å²) in [5.74, 6) is 0. The monoisotopic (exact) mass is 241 g/mol. The average Bonchev–Trinajstić information content (AvgIpc) is 2.14. The molecule has 0 radical (unpaired) electrons. The predicted molar refractivity (Wildman–Crippen MR) is 53.9 cm³/mol. The number of hydrogen-bond donors (Lipinski definition) is 1. The Morgan fingerprint density at radius 1 is 1.50 bits per heavy atom. The zero-order chi connectivity index (χ0) is 12.5. The Morgan fingerprint density at radius 2 is 2.06 bits per heavy atom. The number of nitro groups is 1. The molecule has 1 rings (SSSR count). The van der Waals surface area contributed by atoms with Crippen molar-refractivity contribution in [2.24, 2.45) is 5.14 Å². The van der Waals surface area contributed by atoms with Crippen LogP contribution in [-0.4, -0.2) is 13.3 Å². The Kier molecular flexibility index (Phi) is 2.93. The van der Waals surface area contributed by atoms with E-state index in [2.05, 4.69) is 0 Å². The molecule has 0 spiro atoms. The normalized spacial score (nSPS) is 10.8. The van der Waals surface area contributed by atoms with Crippen LogP contribution >= 0.6 is 0 Å². The van der Waals surface area contributed by atoms with E-state index in [-0.39, 0.29) is 5.56 Å². The molecule has 0 amide bonds. The van der Waals surface area contributed by atoms with Gasteiger partial charge in [0.1, 0.15) is 6.07 Å². The average molecular weight is 241 g/mol. The maximum absolute atomic E-state index is 11.2. The molecule has 0 heterocycles. The van der Waals surface area contributed by atoms with Crippen molar-refractivity contribution < 1.29 is 13.3 Å². The van der Waals surface area contributed by atoms with Crippen LogP contribution in [0.25, 0.3) is 0 Å². The first-order valence-electron chi connectivity index (χ1n) is 3.99. The van der Waals surface area contributed by atoms with Crippen molar-refractivity contribution in [2.45, 2.75) is 11.8 Å². The molecule has 0 aromatic heterocycles. The second-order valence-electron chi connectivity index (χ2n) is 3.07. The largest absolute Gasteiger partial charge is 0.291 e. The molecule has 0 unspecified atom stereocenters. The number of benzene rings is 1. The van der Waals surface area contributed by atoms with Gasteiger partial charge >= 0.3 is 0 Å². The predicted octanol–water partition coefficient (Wildman–Crippen LogP) is 0.422. The highest BCUT2D eigenvalue weighted by molar-refractivity contribution is 7.89. The first kappa shape index (κ1) is 12.1. The highest BCUT2D eigenvalue weighted by Crippen LogP contribution is 2.27. The molecule has 0 fully saturated rings. The molecular formula is C8H7N3O4S. The fourth-order valence-electron chi connectivity index (χ4n) is 1.27. The Bertz CT molecular complexity index is 600. The van der Waals surface area contributed by atoms with Gasteiger partial charge in [0, 0.05) is 6.07 Å². The van der Waals surface area contributed by atoms with Crippen molar-refractivity contribution in [2.75, 3.05) is 0 Å². The van der Waals surface area contributed by atoms with Crippen LogP contribution in [0.3, 0.4) is 0 Å². The Morgan fingerprint density at radius 3 is 2.44 bits per heavy atom. The number of aryl methyl sites for hydroxylation is 1. The third-order valence-electron chi connectivity index (χ3n) is 1.82. The summed E-state index contributed by atoms with van der Waals surface area (Å²) >= 11 is 0. The lowest BCUT2D eigenvalue weighted by Crippen LogP contribution is -2.16. The Hall–Kier alpha value is -1.98. The summed E-state index contributed by atoms with van der Waals surface area (Å²) < 4.78 is 22.3. The fourth-order valence-corrected chi connectivity index (χ4v) is 2.11. The van der Waals surface area contributed by atoms with E-state index >= 15 is 0 Å². The number of hydrogen-bond acceptors (Lipinski definition) is 5. The lowest BCUT2D eigenvalue weighted by atomic mass is 10.1. The SMILES string of the molecule is Cc1cc(C#N)c(S(N)(=O)=O)c([N+](=O)[O-])c1. The van der Waals surface area contributed by atoms with Gasteiger partial charge in [0.25, 0.3) is 5.69 Å². The van der Waals surface area contributed by atoms with Crippen molar-refractivity contribution in [3.8, 4) is 6.07 Å². The third-order valence-corrected chi connectivity index (χ3v) is 2.81. The Balaban J connectivity index is 3.82. The van der Waals surface area contributed by atoms with E-state index in [1.54, 1.807) is 6.07 Å². The number of rotatable bonds is 2. The fraction of sp³-hybridized carbons (Fsp3) is 0.125. The number of nitrogens with zero attached hydrogens (tertiary/aromatic N) is 2. The minimum Gasteiger partial charge on any atom is -0.258 e. The molecule has 2 N–H and O–H groups in total. The van der Waals surface area contributed by atoms with Crippen molar-refractivity contribution in [1.82, 2.24) is 0 Å². The molecule has 0 atom stereocenters. The van der Waals surface area contributed by atoms with E-state index in [4.69, 9.17) is 10.4 Å². The van der Waals surface area contributed by atoms with Crippen LogP contribution in [0.5, 0.6) is 0 Å². The molecule has 0 saturated heterocycles. The van der Waals surface area contributed by atoms with Crippen LogP contribution in [0, 0.1) is 28.4 Å².